The van der Waals surface area contributed by atoms with Gasteiger partial charge in [0.1, 0.15) is 12.3 Å². The fourth-order valence-corrected chi connectivity index (χ4v) is 3.11. The van der Waals surface area contributed by atoms with Crippen LogP contribution in [0.3, 0.4) is 0 Å². The van der Waals surface area contributed by atoms with Gasteiger partial charge < -0.3 is 14.5 Å². The molecule has 2 aromatic carbocycles. The number of benzene rings is 2. The first-order valence-corrected chi connectivity index (χ1v) is 8.96. The second kappa shape index (κ2) is 8.17. The van der Waals surface area contributed by atoms with Gasteiger partial charge in [-0.2, -0.15) is 0 Å². The zero-order valence-corrected chi connectivity index (χ0v) is 15.1. The van der Waals surface area contributed by atoms with Crippen molar-refractivity contribution in [2.75, 3.05) is 32.8 Å². The summed E-state index contributed by atoms with van der Waals surface area (Å²) in [6.45, 7) is 8.88. The topological polar surface area (TPSA) is 34.0 Å². The van der Waals surface area contributed by atoms with Crippen LogP contribution in [0.15, 0.2) is 48.5 Å². The Kier molecular flexibility index (Phi) is 5.71. The number of carbonyl (C=O) groups excluding carboxylic acids is 1. The summed E-state index contributed by atoms with van der Waals surface area (Å²) in [5.74, 6) is 0.831. The molecular formula is C21H27N2O2+. The van der Waals surface area contributed by atoms with Crippen LogP contribution in [-0.2, 0) is 11.3 Å². The van der Waals surface area contributed by atoms with Gasteiger partial charge in [0.05, 0.1) is 26.2 Å². The molecule has 2 aromatic rings. The molecule has 1 aliphatic rings. The molecule has 1 heterocycles. The van der Waals surface area contributed by atoms with E-state index in [0.717, 1.165) is 38.5 Å². The molecule has 0 aliphatic carbocycles. The zero-order chi connectivity index (χ0) is 17.6. The van der Waals surface area contributed by atoms with Crippen LogP contribution in [0, 0.1) is 13.8 Å². The summed E-state index contributed by atoms with van der Waals surface area (Å²) in [7, 11) is 0. The first-order valence-electron chi connectivity index (χ1n) is 8.96. The van der Waals surface area contributed by atoms with Crippen molar-refractivity contribution in [1.29, 1.82) is 0 Å². The Balaban J connectivity index is 1.42. The number of hydrogen-bond donors (Lipinski definition) is 1. The van der Waals surface area contributed by atoms with E-state index in [-0.39, 0.29) is 12.5 Å². The molecule has 0 unspecified atom stereocenters. The fourth-order valence-electron chi connectivity index (χ4n) is 3.11. The Bertz CT molecular complexity index is 687. The Labute approximate surface area is 150 Å². The van der Waals surface area contributed by atoms with E-state index in [4.69, 9.17) is 4.74 Å². The van der Waals surface area contributed by atoms with E-state index in [0.29, 0.717) is 0 Å². The maximum absolute atomic E-state index is 12.3. The standard InChI is InChI=1S/C21H26N2O2/c1-17-3-7-19(8-4-17)15-22-11-13-23(14-12-22)21(24)16-25-20-9-5-18(2)6-10-20/h3-10H,11-16H2,1-2H3/p+1. The summed E-state index contributed by atoms with van der Waals surface area (Å²) in [4.78, 5) is 15.8. The molecular weight excluding hydrogens is 312 g/mol. The van der Waals surface area contributed by atoms with Crippen LogP contribution in [-0.4, -0.2) is 43.6 Å². The Hall–Kier alpha value is -2.33. The van der Waals surface area contributed by atoms with Crippen LogP contribution in [0.4, 0.5) is 0 Å². The molecule has 0 radical (unpaired) electrons. The van der Waals surface area contributed by atoms with Crippen molar-refractivity contribution >= 4 is 5.91 Å². The minimum absolute atomic E-state index is 0.0787. The van der Waals surface area contributed by atoms with E-state index >= 15 is 0 Å². The van der Waals surface area contributed by atoms with Gasteiger partial charge in [0.15, 0.2) is 6.61 Å². The lowest BCUT2D eigenvalue weighted by atomic mass is 10.1. The average Bonchev–Trinajstić information content (AvgIpc) is 2.63. The predicted octanol–water partition coefficient (Wildman–Crippen LogP) is 1.61. The van der Waals surface area contributed by atoms with Gasteiger partial charge in [-0.3, -0.25) is 4.79 Å². The number of rotatable bonds is 5. The molecule has 132 valence electrons. The summed E-state index contributed by atoms with van der Waals surface area (Å²) < 4.78 is 5.61. The van der Waals surface area contributed by atoms with Gasteiger partial charge >= 0.3 is 0 Å². The van der Waals surface area contributed by atoms with Crippen LogP contribution < -0.4 is 9.64 Å². The smallest absolute Gasteiger partial charge is 0.260 e. The summed E-state index contributed by atoms with van der Waals surface area (Å²) in [6.07, 6.45) is 0. The zero-order valence-electron chi connectivity index (χ0n) is 15.1. The van der Waals surface area contributed by atoms with Crippen molar-refractivity contribution in [3.63, 3.8) is 0 Å². The van der Waals surface area contributed by atoms with E-state index in [1.54, 1.807) is 0 Å². The monoisotopic (exact) mass is 339 g/mol. The highest BCUT2D eigenvalue weighted by atomic mass is 16.5. The number of carbonyl (C=O) groups is 1. The number of nitrogens with zero attached hydrogens (tertiary/aromatic N) is 1. The molecule has 1 N–H and O–H groups in total. The van der Waals surface area contributed by atoms with Gasteiger partial charge in [0.2, 0.25) is 0 Å². The van der Waals surface area contributed by atoms with E-state index in [1.165, 1.54) is 21.6 Å². The minimum atomic E-state index is 0.0787. The minimum Gasteiger partial charge on any atom is -0.484 e. The van der Waals surface area contributed by atoms with E-state index in [9.17, 15) is 4.79 Å². The summed E-state index contributed by atoms with van der Waals surface area (Å²) in [5, 5.41) is 0. The largest absolute Gasteiger partial charge is 0.484 e. The van der Waals surface area contributed by atoms with Crippen LogP contribution in [0.2, 0.25) is 0 Å². The van der Waals surface area contributed by atoms with Crippen molar-refractivity contribution < 1.29 is 14.4 Å². The Morgan fingerprint density at radius 2 is 1.52 bits per heavy atom. The van der Waals surface area contributed by atoms with Gasteiger partial charge in [-0.25, -0.2) is 0 Å². The summed E-state index contributed by atoms with van der Waals surface area (Å²) in [6, 6.07) is 16.5. The lowest BCUT2D eigenvalue weighted by Crippen LogP contribution is -3.13. The van der Waals surface area contributed by atoms with Crippen molar-refractivity contribution in [3.8, 4) is 5.75 Å². The molecule has 3 rings (SSSR count). The highest BCUT2D eigenvalue weighted by Gasteiger charge is 2.23. The third kappa shape index (κ3) is 5.07. The maximum Gasteiger partial charge on any atom is 0.260 e. The molecule has 1 aliphatic heterocycles. The molecule has 0 aromatic heterocycles. The molecule has 1 saturated heterocycles. The molecule has 1 amide bonds. The lowest BCUT2D eigenvalue weighted by Gasteiger charge is -2.32. The van der Waals surface area contributed by atoms with Crippen molar-refractivity contribution in [2.45, 2.75) is 20.4 Å². The maximum atomic E-state index is 12.3. The van der Waals surface area contributed by atoms with E-state index in [1.807, 2.05) is 36.1 Å². The molecule has 0 bridgehead atoms. The fraction of sp³-hybridized carbons (Fsp3) is 0.381. The number of aryl methyl sites for hydroxylation is 2. The van der Waals surface area contributed by atoms with Crippen molar-refractivity contribution in [2.24, 2.45) is 0 Å². The molecule has 1 fully saturated rings. The summed E-state index contributed by atoms with van der Waals surface area (Å²) in [5.41, 5.74) is 3.84. The van der Waals surface area contributed by atoms with Crippen LogP contribution >= 0.6 is 0 Å². The number of ether oxygens (including phenoxy) is 1. The SMILES string of the molecule is Cc1ccc(C[NH+]2CCN(C(=O)COc3ccc(C)cc3)CC2)cc1. The number of amides is 1. The molecule has 0 atom stereocenters. The molecule has 4 heteroatoms. The van der Waals surface area contributed by atoms with Crippen LogP contribution in [0.5, 0.6) is 5.75 Å². The number of nitrogens with one attached hydrogen (secondary N) is 1. The normalized spacial score (nSPS) is 15.2. The Morgan fingerprint density at radius 3 is 2.12 bits per heavy atom. The second-order valence-corrected chi connectivity index (χ2v) is 6.89. The summed E-state index contributed by atoms with van der Waals surface area (Å²) >= 11 is 0. The van der Waals surface area contributed by atoms with Crippen molar-refractivity contribution in [1.82, 2.24) is 4.90 Å². The first kappa shape index (κ1) is 17.5. The lowest BCUT2D eigenvalue weighted by molar-refractivity contribution is -0.917. The van der Waals surface area contributed by atoms with Gasteiger partial charge in [-0.1, -0.05) is 47.5 Å². The van der Waals surface area contributed by atoms with Crippen molar-refractivity contribution in [3.05, 3.63) is 65.2 Å². The third-order valence-corrected chi connectivity index (χ3v) is 4.78. The molecule has 0 spiro atoms. The Morgan fingerprint density at radius 1 is 0.960 bits per heavy atom. The van der Waals surface area contributed by atoms with Gasteiger partial charge in [0, 0.05) is 5.56 Å². The second-order valence-electron chi connectivity index (χ2n) is 6.89. The van der Waals surface area contributed by atoms with Crippen LogP contribution in [0.1, 0.15) is 16.7 Å². The molecule has 0 saturated carbocycles. The average molecular weight is 339 g/mol. The van der Waals surface area contributed by atoms with E-state index < -0.39 is 0 Å². The van der Waals surface area contributed by atoms with E-state index in [2.05, 4.69) is 31.2 Å². The van der Waals surface area contributed by atoms with Crippen LogP contribution in [0.25, 0.3) is 0 Å². The number of hydrogen-bond acceptors (Lipinski definition) is 2. The quantitative estimate of drug-likeness (QED) is 0.898. The first-order chi connectivity index (χ1) is 12.1. The van der Waals surface area contributed by atoms with Gasteiger partial charge in [-0.15, -0.1) is 0 Å². The van der Waals surface area contributed by atoms with Gasteiger partial charge in [0.25, 0.3) is 5.91 Å². The third-order valence-electron chi connectivity index (χ3n) is 4.78. The van der Waals surface area contributed by atoms with Gasteiger partial charge in [-0.05, 0) is 26.0 Å². The predicted molar refractivity (Wildman–Crippen MR) is 98.8 cm³/mol. The molecule has 25 heavy (non-hydrogen) atoms. The molecule has 4 nitrogen and oxygen atoms in total. The number of piperazine rings is 1. The number of quaternary nitrogens is 1. The highest BCUT2D eigenvalue weighted by molar-refractivity contribution is 5.77. The highest BCUT2D eigenvalue weighted by Crippen LogP contribution is 2.11.